The molecule has 0 amide bonds. The molecule has 0 aliphatic heterocycles. The third kappa shape index (κ3) is 2.05. The molecule has 1 heterocycles. The van der Waals surface area contributed by atoms with Crippen LogP contribution in [-0.4, -0.2) is 25.8 Å². The summed E-state index contributed by atoms with van der Waals surface area (Å²) in [5, 5.41) is 15.6. The monoisotopic (exact) mass is 168 g/mol. The lowest BCUT2D eigenvalue weighted by Gasteiger charge is -2.05. The van der Waals surface area contributed by atoms with E-state index in [-0.39, 0.29) is 0 Å². The Labute approximate surface area is 70.7 Å². The van der Waals surface area contributed by atoms with Crippen LogP contribution < -0.4 is 0 Å². The van der Waals surface area contributed by atoms with Gasteiger partial charge in [0.1, 0.15) is 12.7 Å². The van der Waals surface area contributed by atoms with Gasteiger partial charge in [0.25, 0.3) is 0 Å². The van der Waals surface area contributed by atoms with Crippen molar-refractivity contribution in [2.24, 2.45) is 11.1 Å². The standard InChI is InChI=1S/C7H12N4O/c1-6(2)3-7(10-12)11-5-8-4-9-11/h4-6,12H,3H2,1-2H3. The Morgan fingerprint density at radius 3 is 2.83 bits per heavy atom. The van der Waals surface area contributed by atoms with E-state index in [1.54, 1.807) is 0 Å². The molecule has 1 aromatic heterocycles. The average molecular weight is 168 g/mol. The van der Waals surface area contributed by atoms with E-state index in [0.29, 0.717) is 18.2 Å². The van der Waals surface area contributed by atoms with Gasteiger partial charge in [0.05, 0.1) is 0 Å². The summed E-state index contributed by atoms with van der Waals surface area (Å²) in [6, 6.07) is 0. The minimum Gasteiger partial charge on any atom is -0.409 e. The molecule has 1 rings (SSSR count). The molecular formula is C7H12N4O. The SMILES string of the molecule is CC(C)CC(=NO)n1cncn1. The number of aromatic nitrogens is 3. The van der Waals surface area contributed by atoms with Crippen molar-refractivity contribution in [3.8, 4) is 0 Å². The molecule has 1 N–H and O–H groups in total. The predicted octanol–water partition coefficient (Wildman–Crippen LogP) is 0.960. The Morgan fingerprint density at radius 1 is 1.67 bits per heavy atom. The van der Waals surface area contributed by atoms with Gasteiger partial charge in [-0.3, -0.25) is 0 Å². The third-order valence-corrected chi connectivity index (χ3v) is 1.39. The maximum atomic E-state index is 8.65. The molecule has 0 saturated carbocycles. The van der Waals surface area contributed by atoms with Crippen LogP contribution >= 0.6 is 0 Å². The van der Waals surface area contributed by atoms with E-state index in [0.717, 1.165) is 0 Å². The first-order valence-corrected chi connectivity index (χ1v) is 3.80. The second-order valence-corrected chi connectivity index (χ2v) is 2.95. The molecule has 66 valence electrons. The molecule has 1 aromatic rings. The average Bonchev–Trinajstić information content (AvgIpc) is 2.51. The van der Waals surface area contributed by atoms with Crippen molar-refractivity contribution in [3.63, 3.8) is 0 Å². The van der Waals surface area contributed by atoms with E-state index in [2.05, 4.69) is 15.2 Å². The summed E-state index contributed by atoms with van der Waals surface area (Å²) in [7, 11) is 0. The molecule has 5 heteroatoms. The van der Waals surface area contributed by atoms with Crippen molar-refractivity contribution in [2.75, 3.05) is 0 Å². The molecular weight excluding hydrogens is 156 g/mol. The molecule has 0 unspecified atom stereocenters. The lowest BCUT2D eigenvalue weighted by molar-refractivity contribution is 0.313. The summed E-state index contributed by atoms with van der Waals surface area (Å²) >= 11 is 0. The van der Waals surface area contributed by atoms with Crippen LogP contribution in [0.15, 0.2) is 17.8 Å². The first-order chi connectivity index (χ1) is 5.74. The number of rotatable bonds is 2. The highest BCUT2D eigenvalue weighted by Gasteiger charge is 2.05. The van der Waals surface area contributed by atoms with Crippen molar-refractivity contribution in [2.45, 2.75) is 20.3 Å². The van der Waals surface area contributed by atoms with Crippen molar-refractivity contribution < 1.29 is 5.21 Å². The maximum absolute atomic E-state index is 8.65. The smallest absolute Gasteiger partial charge is 0.170 e. The highest BCUT2D eigenvalue weighted by molar-refractivity contribution is 5.82. The van der Waals surface area contributed by atoms with Crippen molar-refractivity contribution in [1.82, 2.24) is 14.8 Å². The molecule has 0 fully saturated rings. The number of oxime groups is 1. The molecule has 0 aliphatic rings. The van der Waals surface area contributed by atoms with Gasteiger partial charge in [-0.15, -0.1) is 0 Å². The van der Waals surface area contributed by atoms with Crippen LogP contribution in [0.1, 0.15) is 20.3 Å². The molecule has 0 bridgehead atoms. The van der Waals surface area contributed by atoms with Crippen molar-refractivity contribution in [1.29, 1.82) is 0 Å². The van der Waals surface area contributed by atoms with Crippen LogP contribution in [0, 0.1) is 5.92 Å². The Kier molecular flexibility index (Phi) is 2.79. The van der Waals surface area contributed by atoms with E-state index >= 15 is 0 Å². The Balaban J connectivity index is 2.72. The first kappa shape index (κ1) is 8.70. The van der Waals surface area contributed by atoms with Crippen LogP contribution in [0.25, 0.3) is 0 Å². The number of nitrogens with zero attached hydrogens (tertiary/aromatic N) is 4. The quantitative estimate of drug-likeness (QED) is 0.309. The zero-order valence-electron chi connectivity index (χ0n) is 7.18. The second kappa shape index (κ2) is 3.85. The Hall–Kier alpha value is -1.39. The van der Waals surface area contributed by atoms with E-state index < -0.39 is 0 Å². The zero-order valence-corrected chi connectivity index (χ0v) is 7.18. The summed E-state index contributed by atoms with van der Waals surface area (Å²) < 4.78 is 1.46. The van der Waals surface area contributed by atoms with E-state index in [4.69, 9.17) is 5.21 Å². The fourth-order valence-electron chi connectivity index (χ4n) is 0.887. The largest absolute Gasteiger partial charge is 0.409 e. The van der Waals surface area contributed by atoms with Crippen LogP contribution in [-0.2, 0) is 0 Å². The van der Waals surface area contributed by atoms with Gasteiger partial charge in [-0.2, -0.15) is 5.10 Å². The molecule has 12 heavy (non-hydrogen) atoms. The zero-order chi connectivity index (χ0) is 8.97. The van der Waals surface area contributed by atoms with Crippen LogP contribution in [0.3, 0.4) is 0 Å². The van der Waals surface area contributed by atoms with Gasteiger partial charge in [0, 0.05) is 6.42 Å². The van der Waals surface area contributed by atoms with Crippen molar-refractivity contribution >= 4 is 5.84 Å². The maximum Gasteiger partial charge on any atom is 0.170 e. The molecule has 5 nitrogen and oxygen atoms in total. The summed E-state index contributed by atoms with van der Waals surface area (Å²) in [6.07, 6.45) is 3.60. The van der Waals surface area contributed by atoms with Gasteiger partial charge in [-0.1, -0.05) is 19.0 Å². The van der Waals surface area contributed by atoms with E-state index in [1.807, 2.05) is 13.8 Å². The fraction of sp³-hybridized carbons (Fsp3) is 0.571. The lowest BCUT2D eigenvalue weighted by Crippen LogP contribution is -2.14. The summed E-state index contributed by atoms with van der Waals surface area (Å²) in [4.78, 5) is 3.76. The summed E-state index contributed by atoms with van der Waals surface area (Å²) in [5.74, 6) is 0.947. The van der Waals surface area contributed by atoms with Gasteiger partial charge in [-0.05, 0) is 5.92 Å². The second-order valence-electron chi connectivity index (χ2n) is 2.95. The molecule has 0 aromatic carbocycles. The van der Waals surface area contributed by atoms with E-state index in [1.165, 1.54) is 17.3 Å². The minimum atomic E-state index is 0.431. The van der Waals surface area contributed by atoms with Gasteiger partial charge >= 0.3 is 0 Å². The molecule has 0 saturated heterocycles. The first-order valence-electron chi connectivity index (χ1n) is 3.80. The van der Waals surface area contributed by atoms with Crippen LogP contribution in [0.5, 0.6) is 0 Å². The Bertz CT molecular complexity index is 252. The summed E-state index contributed by atoms with van der Waals surface area (Å²) in [6.45, 7) is 4.09. The van der Waals surface area contributed by atoms with Gasteiger partial charge in [-0.25, -0.2) is 9.67 Å². The van der Waals surface area contributed by atoms with E-state index in [9.17, 15) is 0 Å². The third-order valence-electron chi connectivity index (χ3n) is 1.39. The normalized spacial score (nSPS) is 12.4. The number of hydrogen-bond donors (Lipinski definition) is 1. The topological polar surface area (TPSA) is 63.3 Å². The lowest BCUT2D eigenvalue weighted by atomic mass is 10.1. The molecule has 0 atom stereocenters. The fourth-order valence-corrected chi connectivity index (χ4v) is 0.887. The highest BCUT2D eigenvalue weighted by atomic mass is 16.4. The van der Waals surface area contributed by atoms with Crippen LogP contribution in [0.4, 0.5) is 0 Å². The predicted molar refractivity (Wildman–Crippen MR) is 44.1 cm³/mol. The Morgan fingerprint density at radius 2 is 2.42 bits per heavy atom. The summed E-state index contributed by atoms with van der Waals surface area (Å²) in [5.41, 5.74) is 0. The van der Waals surface area contributed by atoms with Gasteiger partial charge in [0.2, 0.25) is 0 Å². The molecule has 0 radical (unpaired) electrons. The minimum absolute atomic E-state index is 0.431. The van der Waals surface area contributed by atoms with Crippen LogP contribution in [0.2, 0.25) is 0 Å². The molecule has 0 aliphatic carbocycles. The van der Waals surface area contributed by atoms with Gasteiger partial charge < -0.3 is 5.21 Å². The van der Waals surface area contributed by atoms with Crippen molar-refractivity contribution in [3.05, 3.63) is 12.7 Å². The molecule has 0 spiro atoms. The number of hydrogen-bond acceptors (Lipinski definition) is 4. The highest BCUT2D eigenvalue weighted by Crippen LogP contribution is 2.02. The van der Waals surface area contributed by atoms with Gasteiger partial charge in [0.15, 0.2) is 5.84 Å².